The van der Waals surface area contributed by atoms with Crippen molar-refractivity contribution < 1.29 is 4.74 Å². The maximum Gasteiger partial charge on any atom is 0.119 e. The van der Waals surface area contributed by atoms with Gasteiger partial charge in [-0.05, 0) is 49.6 Å². The summed E-state index contributed by atoms with van der Waals surface area (Å²) in [6.07, 6.45) is 0. The van der Waals surface area contributed by atoms with Crippen molar-refractivity contribution in [2.45, 2.75) is 19.9 Å². The van der Waals surface area contributed by atoms with E-state index in [2.05, 4.69) is 41.7 Å². The molecule has 0 bridgehead atoms. The quantitative estimate of drug-likeness (QED) is 0.754. The predicted molar refractivity (Wildman–Crippen MR) is 89.4 cm³/mol. The first-order chi connectivity index (χ1) is 10.2. The third-order valence-electron chi connectivity index (χ3n) is 3.28. The monoisotopic (exact) mass is 298 g/mol. The van der Waals surface area contributed by atoms with Crippen molar-refractivity contribution in [3.8, 4) is 5.75 Å². The summed E-state index contributed by atoms with van der Waals surface area (Å²) in [7, 11) is 0. The van der Waals surface area contributed by atoms with Gasteiger partial charge < -0.3 is 10.1 Å². The minimum absolute atomic E-state index is 0.218. The molecule has 0 aliphatic heterocycles. The molecule has 1 atom stereocenters. The van der Waals surface area contributed by atoms with Crippen LogP contribution in [0.3, 0.4) is 0 Å². The molecule has 0 saturated carbocycles. The molecule has 2 aromatic carbocycles. The zero-order valence-corrected chi connectivity index (χ0v) is 13.0. The van der Waals surface area contributed by atoms with E-state index in [4.69, 9.17) is 4.74 Å². The van der Waals surface area contributed by atoms with E-state index in [0.29, 0.717) is 6.61 Å². The summed E-state index contributed by atoms with van der Waals surface area (Å²) in [5.41, 5.74) is 2.28. The summed E-state index contributed by atoms with van der Waals surface area (Å²) < 4.78 is 10.2. The molecule has 1 N–H and O–H groups in total. The Morgan fingerprint density at radius 2 is 1.90 bits per heavy atom. The number of anilines is 1. The molecule has 3 nitrogen and oxygen atoms in total. The summed E-state index contributed by atoms with van der Waals surface area (Å²) in [5.74, 6) is 0.906. The van der Waals surface area contributed by atoms with Gasteiger partial charge in [0, 0.05) is 5.39 Å². The Bertz CT molecular complexity index is 721. The summed E-state index contributed by atoms with van der Waals surface area (Å²) in [6.45, 7) is 4.81. The van der Waals surface area contributed by atoms with Crippen LogP contribution in [-0.4, -0.2) is 17.0 Å². The largest absolute Gasteiger partial charge is 0.491 e. The van der Waals surface area contributed by atoms with Gasteiger partial charge in [0.1, 0.15) is 17.4 Å². The molecule has 1 aromatic heterocycles. The summed E-state index contributed by atoms with van der Waals surface area (Å²) in [4.78, 5) is 0. The van der Waals surface area contributed by atoms with Crippen LogP contribution in [0.5, 0.6) is 5.75 Å². The van der Waals surface area contributed by atoms with Crippen molar-refractivity contribution in [2.75, 3.05) is 11.9 Å². The fourth-order valence-corrected chi connectivity index (χ4v) is 2.99. The Morgan fingerprint density at radius 1 is 1.14 bits per heavy atom. The van der Waals surface area contributed by atoms with E-state index in [1.165, 1.54) is 22.5 Å². The molecule has 0 aliphatic carbocycles. The molecule has 3 aromatic rings. The van der Waals surface area contributed by atoms with Crippen LogP contribution in [0.15, 0.2) is 48.5 Å². The molecule has 0 amide bonds. The van der Waals surface area contributed by atoms with E-state index < -0.39 is 0 Å². The van der Waals surface area contributed by atoms with Crippen molar-refractivity contribution in [1.29, 1.82) is 0 Å². The van der Waals surface area contributed by atoms with Gasteiger partial charge in [-0.15, -0.1) is 0 Å². The minimum atomic E-state index is 0.218. The smallest absolute Gasteiger partial charge is 0.119 e. The van der Waals surface area contributed by atoms with E-state index in [1.807, 2.05) is 30.3 Å². The lowest BCUT2D eigenvalue weighted by Gasteiger charge is -2.15. The Labute approximate surface area is 128 Å². The predicted octanol–water partition coefficient (Wildman–Crippen LogP) is 4.48. The van der Waals surface area contributed by atoms with E-state index in [-0.39, 0.29) is 6.04 Å². The number of rotatable bonds is 5. The zero-order valence-electron chi connectivity index (χ0n) is 12.2. The van der Waals surface area contributed by atoms with Crippen LogP contribution >= 0.6 is 11.5 Å². The topological polar surface area (TPSA) is 34.1 Å². The molecule has 21 heavy (non-hydrogen) atoms. The number of nitrogens with one attached hydrogen (secondary N) is 1. The first-order valence-electron chi connectivity index (χ1n) is 7.03. The second kappa shape index (κ2) is 6.14. The van der Waals surface area contributed by atoms with Crippen LogP contribution in [-0.2, 0) is 0 Å². The molecule has 0 aliphatic rings. The van der Waals surface area contributed by atoms with E-state index in [9.17, 15) is 0 Å². The Hall–Kier alpha value is -2.07. The van der Waals surface area contributed by atoms with Crippen molar-refractivity contribution in [3.63, 3.8) is 0 Å². The number of hydrogen-bond donors (Lipinski definition) is 1. The number of fused-ring (bicyclic) bond motifs is 1. The molecule has 0 fully saturated rings. The van der Waals surface area contributed by atoms with Crippen LogP contribution in [0.4, 0.5) is 5.00 Å². The summed E-state index contributed by atoms with van der Waals surface area (Å²) in [6, 6.07) is 16.5. The van der Waals surface area contributed by atoms with Gasteiger partial charge in [0.25, 0.3) is 0 Å². The molecule has 0 radical (unpaired) electrons. The molecular formula is C17H18N2OS. The molecule has 0 saturated heterocycles. The first-order valence-corrected chi connectivity index (χ1v) is 7.80. The molecular weight excluding hydrogens is 280 g/mol. The van der Waals surface area contributed by atoms with E-state index >= 15 is 0 Å². The van der Waals surface area contributed by atoms with Gasteiger partial charge in [-0.1, -0.05) is 29.8 Å². The van der Waals surface area contributed by atoms with Crippen LogP contribution in [0.2, 0.25) is 0 Å². The van der Waals surface area contributed by atoms with Crippen molar-refractivity contribution >= 4 is 27.4 Å². The number of aryl methyl sites for hydroxylation is 1. The van der Waals surface area contributed by atoms with Crippen LogP contribution in [0, 0.1) is 6.92 Å². The van der Waals surface area contributed by atoms with Crippen LogP contribution in [0.1, 0.15) is 12.5 Å². The fourth-order valence-electron chi connectivity index (χ4n) is 2.11. The Morgan fingerprint density at radius 3 is 2.71 bits per heavy atom. The maximum atomic E-state index is 5.81. The summed E-state index contributed by atoms with van der Waals surface area (Å²) >= 11 is 1.50. The normalized spacial score (nSPS) is 12.3. The molecule has 3 rings (SSSR count). The van der Waals surface area contributed by atoms with Gasteiger partial charge in [0.05, 0.1) is 11.6 Å². The van der Waals surface area contributed by atoms with Crippen LogP contribution in [0.25, 0.3) is 10.9 Å². The van der Waals surface area contributed by atoms with Gasteiger partial charge in [-0.25, -0.2) is 0 Å². The second-order valence-corrected chi connectivity index (χ2v) is 5.97. The van der Waals surface area contributed by atoms with Crippen LogP contribution < -0.4 is 10.1 Å². The van der Waals surface area contributed by atoms with E-state index in [0.717, 1.165) is 16.3 Å². The first kappa shape index (κ1) is 13.9. The highest BCUT2D eigenvalue weighted by Gasteiger charge is 2.09. The maximum absolute atomic E-state index is 5.81. The Kier molecular flexibility index (Phi) is 4.06. The standard InChI is InChI=1S/C17H18N2OS/c1-12-7-9-14(10-8-12)20-11-13(2)18-17-15-5-3-4-6-16(15)19-21-17/h3-10,13,18H,11H2,1-2H3. The highest BCUT2D eigenvalue weighted by molar-refractivity contribution is 7.11. The van der Waals surface area contributed by atoms with Crippen molar-refractivity contribution in [2.24, 2.45) is 0 Å². The average Bonchev–Trinajstić information content (AvgIpc) is 2.90. The molecule has 1 heterocycles. The van der Waals surface area contributed by atoms with Gasteiger partial charge >= 0.3 is 0 Å². The molecule has 0 spiro atoms. The third-order valence-corrected chi connectivity index (χ3v) is 4.09. The minimum Gasteiger partial charge on any atom is -0.491 e. The van der Waals surface area contributed by atoms with Crippen molar-refractivity contribution in [1.82, 2.24) is 4.37 Å². The van der Waals surface area contributed by atoms with E-state index in [1.54, 1.807) is 0 Å². The zero-order chi connectivity index (χ0) is 14.7. The molecule has 1 unspecified atom stereocenters. The highest BCUT2D eigenvalue weighted by atomic mass is 32.1. The fraction of sp³-hybridized carbons (Fsp3) is 0.235. The van der Waals surface area contributed by atoms with Crippen molar-refractivity contribution in [3.05, 3.63) is 54.1 Å². The Balaban J connectivity index is 1.61. The number of benzene rings is 2. The number of ether oxygens (including phenoxy) is 1. The number of aromatic nitrogens is 1. The SMILES string of the molecule is Cc1ccc(OCC(C)Nc2snc3ccccc23)cc1. The number of hydrogen-bond acceptors (Lipinski definition) is 4. The van der Waals surface area contributed by atoms with Gasteiger partial charge in [-0.2, -0.15) is 4.37 Å². The highest BCUT2D eigenvalue weighted by Crippen LogP contribution is 2.27. The second-order valence-electron chi connectivity index (χ2n) is 5.20. The third kappa shape index (κ3) is 3.34. The molecule has 108 valence electrons. The lowest BCUT2D eigenvalue weighted by Crippen LogP contribution is -2.23. The molecule has 4 heteroatoms. The van der Waals surface area contributed by atoms with Gasteiger partial charge in [-0.3, -0.25) is 0 Å². The average molecular weight is 298 g/mol. The lowest BCUT2D eigenvalue weighted by atomic mass is 10.2. The number of nitrogens with zero attached hydrogens (tertiary/aromatic N) is 1. The van der Waals surface area contributed by atoms with Gasteiger partial charge in [0.15, 0.2) is 0 Å². The van der Waals surface area contributed by atoms with Gasteiger partial charge in [0.2, 0.25) is 0 Å². The lowest BCUT2D eigenvalue weighted by molar-refractivity contribution is 0.304. The summed E-state index contributed by atoms with van der Waals surface area (Å²) in [5, 5.41) is 5.75.